The van der Waals surface area contributed by atoms with Gasteiger partial charge in [-0.05, 0) is 31.9 Å². The van der Waals surface area contributed by atoms with Crippen LogP contribution in [0, 0.1) is 6.92 Å². The minimum absolute atomic E-state index is 0.331. The highest BCUT2D eigenvalue weighted by atomic mass is 16.5. The smallest absolute Gasteiger partial charge is 0.191 e. The van der Waals surface area contributed by atoms with Gasteiger partial charge in [-0.2, -0.15) is 0 Å². The Morgan fingerprint density at radius 1 is 1.37 bits per heavy atom. The molecule has 1 aliphatic rings. The third-order valence-corrected chi connectivity index (χ3v) is 5.00. The Bertz CT molecular complexity index is 786. The van der Waals surface area contributed by atoms with Crippen molar-refractivity contribution < 1.29 is 4.74 Å². The Balaban J connectivity index is 1.57. The molecule has 2 heterocycles. The van der Waals surface area contributed by atoms with Crippen LogP contribution in [0.4, 0.5) is 5.69 Å². The zero-order valence-corrected chi connectivity index (χ0v) is 16.6. The normalized spacial score (nSPS) is 17.7. The van der Waals surface area contributed by atoms with Gasteiger partial charge in [-0.25, -0.2) is 0 Å². The number of aromatic nitrogens is 3. The van der Waals surface area contributed by atoms with Crippen LogP contribution >= 0.6 is 0 Å². The average molecular weight is 371 g/mol. The summed E-state index contributed by atoms with van der Waals surface area (Å²) in [6.07, 6.45) is 2.25. The summed E-state index contributed by atoms with van der Waals surface area (Å²) in [6, 6.07) is 8.56. The van der Waals surface area contributed by atoms with Crippen LogP contribution in [0.25, 0.3) is 0 Å². The molecule has 8 heteroatoms. The molecule has 1 saturated heterocycles. The Morgan fingerprint density at radius 3 is 2.93 bits per heavy atom. The number of hydrogen-bond acceptors (Lipinski definition) is 5. The summed E-state index contributed by atoms with van der Waals surface area (Å²) in [5.74, 6) is 3.46. The number of guanidine groups is 1. The van der Waals surface area contributed by atoms with Gasteiger partial charge in [0.25, 0.3) is 0 Å². The molecule has 3 rings (SSSR count). The topological polar surface area (TPSA) is 79.6 Å². The molecule has 0 bridgehead atoms. The minimum Gasteiger partial charge on any atom is -0.497 e. The summed E-state index contributed by atoms with van der Waals surface area (Å²) < 4.78 is 7.33. The van der Waals surface area contributed by atoms with E-state index < -0.39 is 0 Å². The fourth-order valence-electron chi connectivity index (χ4n) is 3.29. The molecule has 1 aliphatic heterocycles. The van der Waals surface area contributed by atoms with Crippen molar-refractivity contribution in [1.29, 1.82) is 0 Å². The van der Waals surface area contributed by atoms with Crippen molar-refractivity contribution in [2.24, 2.45) is 12.0 Å². The molecule has 2 N–H and O–H groups in total. The molecule has 1 aromatic heterocycles. The Hall–Kier alpha value is -2.77. The molecule has 2 aromatic rings. The number of benzene rings is 1. The summed E-state index contributed by atoms with van der Waals surface area (Å²) in [5.41, 5.74) is 1.19. The number of anilines is 1. The predicted molar refractivity (Wildman–Crippen MR) is 107 cm³/mol. The molecular formula is C19H29N7O. The fraction of sp³-hybridized carbons (Fsp3) is 0.526. The van der Waals surface area contributed by atoms with Gasteiger partial charge < -0.3 is 24.8 Å². The number of methoxy groups -OCH3 is 1. The highest BCUT2D eigenvalue weighted by molar-refractivity contribution is 5.80. The lowest BCUT2D eigenvalue weighted by atomic mass is 10.0. The maximum Gasteiger partial charge on any atom is 0.191 e. The second-order valence-electron chi connectivity index (χ2n) is 6.78. The van der Waals surface area contributed by atoms with Crippen LogP contribution in [0.5, 0.6) is 5.75 Å². The first-order valence-electron chi connectivity index (χ1n) is 9.31. The fourth-order valence-corrected chi connectivity index (χ4v) is 3.29. The van der Waals surface area contributed by atoms with E-state index in [-0.39, 0.29) is 0 Å². The van der Waals surface area contributed by atoms with E-state index in [4.69, 9.17) is 4.74 Å². The van der Waals surface area contributed by atoms with Crippen LogP contribution < -0.4 is 20.3 Å². The molecule has 0 saturated carbocycles. The third kappa shape index (κ3) is 4.69. The summed E-state index contributed by atoms with van der Waals surface area (Å²) in [5, 5.41) is 15.1. The molecule has 8 nitrogen and oxygen atoms in total. The van der Waals surface area contributed by atoms with Gasteiger partial charge in [0.1, 0.15) is 11.6 Å². The zero-order chi connectivity index (χ0) is 19.2. The van der Waals surface area contributed by atoms with E-state index in [9.17, 15) is 0 Å². The van der Waals surface area contributed by atoms with Crippen LogP contribution in [0.15, 0.2) is 29.3 Å². The second-order valence-corrected chi connectivity index (χ2v) is 6.78. The van der Waals surface area contributed by atoms with Gasteiger partial charge in [-0.3, -0.25) is 4.99 Å². The molecule has 27 heavy (non-hydrogen) atoms. The van der Waals surface area contributed by atoms with Crippen LogP contribution in [0.1, 0.15) is 24.5 Å². The third-order valence-electron chi connectivity index (χ3n) is 5.00. The predicted octanol–water partition coefficient (Wildman–Crippen LogP) is 1.47. The van der Waals surface area contributed by atoms with Gasteiger partial charge >= 0.3 is 0 Å². The van der Waals surface area contributed by atoms with Crippen molar-refractivity contribution in [3.63, 3.8) is 0 Å². The number of rotatable bonds is 5. The molecular weight excluding hydrogens is 342 g/mol. The van der Waals surface area contributed by atoms with Gasteiger partial charge in [-0.15, -0.1) is 10.2 Å². The first-order valence-corrected chi connectivity index (χ1v) is 9.31. The number of aliphatic imine (C=N–C) groups is 1. The highest BCUT2D eigenvalue weighted by Crippen LogP contribution is 2.24. The Labute approximate surface area is 160 Å². The molecule has 1 aromatic carbocycles. The summed E-state index contributed by atoms with van der Waals surface area (Å²) in [6.45, 7) is 4.51. The van der Waals surface area contributed by atoms with Gasteiger partial charge in [-0.1, -0.05) is 6.07 Å². The summed E-state index contributed by atoms with van der Waals surface area (Å²) in [7, 11) is 5.46. The quantitative estimate of drug-likeness (QED) is 0.612. The van der Waals surface area contributed by atoms with E-state index in [1.165, 1.54) is 5.69 Å². The maximum absolute atomic E-state index is 5.36. The first-order chi connectivity index (χ1) is 13.1. The van der Waals surface area contributed by atoms with Gasteiger partial charge in [0.2, 0.25) is 0 Å². The number of ether oxygens (including phenoxy) is 1. The summed E-state index contributed by atoms with van der Waals surface area (Å²) >= 11 is 0. The molecule has 0 spiro atoms. The molecule has 0 aliphatic carbocycles. The molecule has 146 valence electrons. The first kappa shape index (κ1) is 19.0. The van der Waals surface area contributed by atoms with Crippen molar-refractivity contribution >= 4 is 11.6 Å². The van der Waals surface area contributed by atoms with Crippen LogP contribution in [0.3, 0.4) is 0 Å². The van der Waals surface area contributed by atoms with E-state index >= 15 is 0 Å². The van der Waals surface area contributed by atoms with Gasteiger partial charge in [0, 0.05) is 45.0 Å². The molecule has 1 atom stereocenters. The van der Waals surface area contributed by atoms with Crippen LogP contribution in [0.2, 0.25) is 0 Å². The van der Waals surface area contributed by atoms with E-state index in [1.54, 1.807) is 14.2 Å². The number of aryl methyl sites for hydroxylation is 1. The van der Waals surface area contributed by atoms with Crippen molar-refractivity contribution in [2.45, 2.75) is 32.4 Å². The lowest BCUT2D eigenvalue weighted by Gasteiger charge is -2.35. The Morgan fingerprint density at radius 2 is 2.22 bits per heavy atom. The van der Waals surface area contributed by atoms with Crippen LogP contribution in [-0.4, -0.2) is 54.0 Å². The van der Waals surface area contributed by atoms with Crippen molar-refractivity contribution in [1.82, 2.24) is 25.4 Å². The monoisotopic (exact) mass is 371 g/mol. The van der Waals surface area contributed by atoms with Crippen molar-refractivity contribution in [3.05, 3.63) is 35.9 Å². The van der Waals surface area contributed by atoms with Crippen molar-refractivity contribution in [3.8, 4) is 5.75 Å². The van der Waals surface area contributed by atoms with Crippen molar-refractivity contribution in [2.75, 3.05) is 32.1 Å². The second kappa shape index (κ2) is 8.75. The van der Waals surface area contributed by atoms with E-state index in [0.717, 1.165) is 49.3 Å². The highest BCUT2D eigenvalue weighted by Gasteiger charge is 2.21. The van der Waals surface area contributed by atoms with E-state index in [0.29, 0.717) is 12.6 Å². The number of nitrogens with one attached hydrogen (secondary N) is 2. The number of hydrogen-bond donors (Lipinski definition) is 2. The van der Waals surface area contributed by atoms with Gasteiger partial charge in [0.05, 0.1) is 13.7 Å². The molecule has 0 amide bonds. The van der Waals surface area contributed by atoms with Gasteiger partial charge in [0.15, 0.2) is 11.8 Å². The zero-order valence-electron chi connectivity index (χ0n) is 16.6. The minimum atomic E-state index is 0.331. The number of nitrogens with zero attached hydrogens (tertiary/aromatic N) is 5. The van der Waals surface area contributed by atoms with E-state index in [2.05, 4.69) is 42.9 Å². The molecule has 1 fully saturated rings. The van der Waals surface area contributed by atoms with E-state index in [1.807, 2.05) is 30.7 Å². The summed E-state index contributed by atoms with van der Waals surface area (Å²) in [4.78, 5) is 6.75. The van der Waals surface area contributed by atoms with Crippen LogP contribution in [-0.2, 0) is 13.6 Å². The lowest BCUT2D eigenvalue weighted by Crippen LogP contribution is -2.51. The average Bonchev–Trinajstić information content (AvgIpc) is 3.03. The largest absolute Gasteiger partial charge is 0.497 e. The molecule has 0 radical (unpaired) electrons. The standard InChI is InChI=1S/C19H29N7O/c1-14-23-24-18(25(14)3)12-21-19(20-2)22-15-7-6-10-26(13-15)16-8-5-9-17(11-16)27-4/h5,8-9,11,15H,6-7,10,12-13H2,1-4H3,(H2,20,21,22). The number of piperidine rings is 1. The Kier molecular flexibility index (Phi) is 6.16. The lowest BCUT2D eigenvalue weighted by molar-refractivity contribution is 0.414. The molecule has 1 unspecified atom stereocenters. The maximum atomic E-state index is 5.36. The SMILES string of the molecule is CN=C(NCc1nnc(C)n1C)NC1CCCN(c2cccc(OC)c2)C1.